The molecule has 0 saturated carbocycles. The molecule has 0 atom stereocenters. The lowest BCUT2D eigenvalue weighted by molar-refractivity contribution is -0.130. The summed E-state index contributed by atoms with van der Waals surface area (Å²) < 4.78 is 6.91. The van der Waals surface area contributed by atoms with E-state index in [2.05, 4.69) is 28.3 Å². The number of ether oxygens (including phenoxy) is 1. The van der Waals surface area contributed by atoms with E-state index < -0.39 is 5.97 Å². The average Bonchev–Trinajstić information content (AvgIpc) is 3.07. The minimum atomic E-state index is -0.422. The van der Waals surface area contributed by atoms with E-state index in [4.69, 9.17) is 4.74 Å². The molecule has 0 amide bonds. The molecule has 4 rings (SSSR count). The maximum absolute atomic E-state index is 11.8. The molecule has 1 aliphatic rings. The molecule has 0 spiro atoms. The molecule has 0 bridgehead atoms. The van der Waals surface area contributed by atoms with E-state index in [9.17, 15) is 4.79 Å². The normalized spacial score (nSPS) is 15.7. The van der Waals surface area contributed by atoms with Gasteiger partial charge in [-0.15, -0.1) is 0 Å². The van der Waals surface area contributed by atoms with Crippen molar-refractivity contribution in [2.75, 3.05) is 0 Å². The lowest BCUT2D eigenvalue weighted by Gasteiger charge is -2.08. The predicted molar refractivity (Wildman–Crippen MR) is 97.7 cm³/mol. The van der Waals surface area contributed by atoms with Gasteiger partial charge in [-0.05, 0) is 31.4 Å². The number of aryl methyl sites for hydroxylation is 1. The molecule has 1 aliphatic heterocycles. The van der Waals surface area contributed by atoms with Gasteiger partial charge in [0.1, 0.15) is 0 Å². The molecule has 0 saturated heterocycles. The highest BCUT2D eigenvalue weighted by atomic mass is 16.6. The number of rotatable bonds is 2. The third-order valence-electron chi connectivity index (χ3n) is 4.35. The Kier molecular flexibility index (Phi) is 3.50. The van der Waals surface area contributed by atoms with Gasteiger partial charge in [-0.25, -0.2) is 14.5 Å². The molecule has 1 aromatic heterocycles. The van der Waals surface area contributed by atoms with Gasteiger partial charge in [0.2, 0.25) is 0 Å². The van der Waals surface area contributed by atoms with Crippen molar-refractivity contribution in [2.24, 2.45) is 4.99 Å². The molecule has 0 radical (unpaired) electrons. The first-order valence-electron chi connectivity index (χ1n) is 8.08. The molecule has 5 heteroatoms. The van der Waals surface area contributed by atoms with Crippen molar-refractivity contribution >= 4 is 28.7 Å². The number of esters is 1. The van der Waals surface area contributed by atoms with E-state index in [1.165, 1.54) is 0 Å². The SMILES string of the molecule is CC1=N/C(=C\c2c(C)nn(-c3cccc4ccccc34)c2C)C(=O)O1. The molecule has 25 heavy (non-hydrogen) atoms. The van der Waals surface area contributed by atoms with Gasteiger partial charge in [0.15, 0.2) is 11.6 Å². The molecule has 0 aliphatic carbocycles. The van der Waals surface area contributed by atoms with Crippen LogP contribution in [0, 0.1) is 13.8 Å². The topological polar surface area (TPSA) is 56.5 Å². The summed E-state index contributed by atoms with van der Waals surface area (Å²) >= 11 is 0. The van der Waals surface area contributed by atoms with Crippen LogP contribution in [0.3, 0.4) is 0 Å². The molecule has 0 N–H and O–H groups in total. The molecule has 0 fully saturated rings. The Balaban J connectivity index is 1.89. The number of fused-ring (bicyclic) bond motifs is 1. The molecule has 0 unspecified atom stereocenters. The van der Waals surface area contributed by atoms with Gasteiger partial charge >= 0.3 is 5.97 Å². The number of benzene rings is 2. The molecule has 2 heterocycles. The van der Waals surface area contributed by atoms with Crippen molar-refractivity contribution < 1.29 is 9.53 Å². The van der Waals surface area contributed by atoms with E-state index in [1.54, 1.807) is 13.0 Å². The number of carbonyl (C=O) groups is 1. The summed E-state index contributed by atoms with van der Waals surface area (Å²) in [6.07, 6.45) is 1.75. The Labute approximate surface area is 145 Å². The van der Waals surface area contributed by atoms with Gasteiger partial charge in [0.05, 0.1) is 11.4 Å². The van der Waals surface area contributed by atoms with Gasteiger partial charge in [-0.1, -0.05) is 36.4 Å². The third-order valence-corrected chi connectivity index (χ3v) is 4.35. The van der Waals surface area contributed by atoms with Crippen molar-refractivity contribution in [1.82, 2.24) is 9.78 Å². The zero-order chi connectivity index (χ0) is 17.6. The highest BCUT2D eigenvalue weighted by Crippen LogP contribution is 2.27. The number of hydrogen-bond acceptors (Lipinski definition) is 4. The van der Waals surface area contributed by atoms with Crippen molar-refractivity contribution in [3.63, 3.8) is 0 Å². The number of nitrogens with zero attached hydrogens (tertiary/aromatic N) is 3. The lowest BCUT2D eigenvalue weighted by Crippen LogP contribution is -2.01. The predicted octanol–water partition coefficient (Wildman–Crippen LogP) is 3.96. The Morgan fingerprint density at radius 1 is 1.04 bits per heavy atom. The van der Waals surface area contributed by atoms with E-state index >= 15 is 0 Å². The number of carbonyl (C=O) groups excluding carboxylic acids is 1. The second-order valence-corrected chi connectivity index (χ2v) is 6.04. The van der Waals surface area contributed by atoms with Crippen LogP contribution in [0.1, 0.15) is 23.9 Å². The minimum absolute atomic E-state index is 0.307. The standard InChI is InChI=1S/C20H17N3O2/c1-12-17(11-18-20(24)25-14(3)21-18)13(2)23(22-12)19-10-6-8-15-7-4-5-9-16(15)19/h4-11H,1-3H3/b18-11-. The quantitative estimate of drug-likeness (QED) is 0.527. The second-order valence-electron chi connectivity index (χ2n) is 6.04. The van der Waals surface area contributed by atoms with Crippen LogP contribution in [0.2, 0.25) is 0 Å². The Hall–Kier alpha value is -3.21. The van der Waals surface area contributed by atoms with E-state index in [0.717, 1.165) is 33.4 Å². The Morgan fingerprint density at radius 3 is 2.56 bits per heavy atom. The Bertz CT molecular complexity index is 1070. The van der Waals surface area contributed by atoms with Crippen molar-refractivity contribution in [3.8, 4) is 5.69 Å². The van der Waals surface area contributed by atoms with E-state index in [-0.39, 0.29) is 0 Å². The first kappa shape index (κ1) is 15.3. The van der Waals surface area contributed by atoms with Gasteiger partial charge in [0, 0.05) is 23.6 Å². The zero-order valence-corrected chi connectivity index (χ0v) is 14.3. The summed E-state index contributed by atoms with van der Waals surface area (Å²) in [4.78, 5) is 16.0. The molecule has 3 aromatic rings. The minimum Gasteiger partial charge on any atom is -0.407 e. The zero-order valence-electron chi connectivity index (χ0n) is 14.3. The first-order valence-corrected chi connectivity index (χ1v) is 8.08. The number of hydrogen-bond donors (Lipinski definition) is 0. The van der Waals surface area contributed by atoms with Gasteiger partial charge in [-0.2, -0.15) is 5.10 Å². The third kappa shape index (κ3) is 2.54. The fraction of sp³-hybridized carbons (Fsp3) is 0.150. The summed E-state index contributed by atoms with van der Waals surface area (Å²) in [5.41, 5.74) is 4.00. The average molecular weight is 331 g/mol. The monoisotopic (exact) mass is 331 g/mol. The van der Waals surface area contributed by atoms with Crippen LogP contribution >= 0.6 is 0 Å². The fourth-order valence-corrected chi connectivity index (χ4v) is 3.14. The highest BCUT2D eigenvalue weighted by Gasteiger charge is 2.22. The lowest BCUT2D eigenvalue weighted by atomic mass is 10.1. The van der Waals surface area contributed by atoms with Crippen LogP contribution in [0.5, 0.6) is 0 Å². The van der Waals surface area contributed by atoms with Crippen LogP contribution < -0.4 is 0 Å². The summed E-state index contributed by atoms with van der Waals surface area (Å²) in [6, 6.07) is 14.4. The highest BCUT2D eigenvalue weighted by molar-refractivity contribution is 6.06. The van der Waals surface area contributed by atoms with Crippen molar-refractivity contribution in [2.45, 2.75) is 20.8 Å². The van der Waals surface area contributed by atoms with Crippen LogP contribution in [0.25, 0.3) is 22.5 Å². The van der Waals surface area contributed by atoms with Crippen molar-refractivity contribution in [3.05, 3.63) is 65.1 Å². The molecular weight excluding hydrogens is 314 g/mol. The van der Waals surface area contributed by atoms with Crippen LogP contribution in [0.15, 0.2) is 53.2 Å². The second kappa shape index (κ2) is 5.70. The maximum Gasteiger partial charge on any atom is 0.363 e. The van der Waals surface area contributed by atoms with Crippen LogP contribution in [-0.4, -0.2) is 21.6 Å². The van der Waals surface area contributed by atoms with Gasteiger partial charge in [-0.3, -0.25) is 0 Å². The maximum atomic E-state index is 11.8. The molecule has 124 valence electrons. The molecule has 2 aromatic carbocycles. The first-order chi connectivity index (χ1) is 12.0. The number of cyclic esters (lactones) is 1. The molecule has 5 nitrogen and oxygen atoms in total. The summed E-state index contributed by atoms with van der Waals surface area (Å²) in [5.74, 6) is -0.0535. The van der Waals surface area contributed by atoms with Crippen LogP contribution in [0.4, 0.5) is 0 Å². The molecular formula is C20H17N3O2. The smallest absolute Gasteiger partial charge is 0.363 e. The van der Waals surface area contributed by atoms with Crippen molar-refractivity contribution in [1.29, 1.82) is 0 Å². The Morgan fingerprint density at radius 2 is 1.80 bits per heavy atom. The van der Waals surface area contributed by atoms with E-state index in [0.29, 0.717) is 11.6 Å². The van der Waals surface area contributed by atoms with Gasteiger partial charge < -0.3 is 4.74 Å². The fourth-order valence-electron chi connectivity index (χ4n) is 3.14. The largest absolute Gasteiger partial charge is 0.407 e. The van der Waals surface area contributed by atoms with Gasteiger partial charge in [0.25, 0.3) is 0 Å². The van der Waals surface area contributed by atoms with Crippen LogP contribution in [-0.2, 0) is 9.53 Å². The summed E-state index contributed by atoms with van der Waals surface area (Å²) in [7, 11) is 0. The number of aliphatic imine (C=N–C) groups is 1. The summed E-state index contributed by atoms with van der Waals surface area (Å²) in [6.45, 7) is 5.58. The summed E-state index contributed by atoms with van der Waals surface area (Å²) in [5, 5.41) is 6.98. The van der Waals surface area contributed by atoms with E-state index in [1.807, 2.05) is 42.8 Å². The number of aromatic nitrogens is 2.